The molecule has 0 aromatic rings. The first-order valence-electron chi connectivity index (χ1n) is 3.52. The van der Waals surface area contributed by atoms with E-state index in [0.29, 0.717) is 0 Å². The van der Waals surface area contributed by atoms with Crippen LogP contribution >= 0.6 is 11.8 Å². The normalized spacial score (nSPS) is 23.3. The van der Waals surface area contributed by atoms with Crippen molar-refractivity contribution < 1.29 is 12.6 Å². The van der Waals surface area contributed by atoms with E-state index < -0.39 is 24.1 Å². The molecule has 0 saturated carbocycles. The first kappa shape index (κ1) is 5.56. The Morgan fingerprint density at radius 1 is 2.11 bits per heavy atom. The number of carboxylic acid groups (broad SMARTS) is 1. The van der Waals surface area contributed by atoms with Gasteiger partial charge in [-0.25, -0.2) is 0 Å². The monoisotopic (exact) mass is 151 g/mol. The lowest BCUT2D eigenvalue weighted by Crippen LogP contribution is -2.30. The summed E-state index contributed by atoms with van der Waals surface area (Å²) < 4.78 is 14.4. The van der Waals surface area contributed by atoms with Crippen molar-refractivity contribution in [2.75, 3.05) is 12.0 Å². The summed E-state index contributed by atoms with van der Waals surface area (Å²) in [5, 5.41) is 8.36. The zero-order chi connectivity index (χ0) is 9.02. The highest BCUT2D eigenvalue weighted by molar-refractivity contribution is 7.98. The molecule has 54 valence electrons. The molecule has 0 amide bonds. The standard InChI is InChI=1S/C5H11NO2S/c1-9-3-2-4(6)5(7)8/h4H,2-3,6H2,1H3,(H,7,8)/t4-/m0/s1/i2D,3D/t2?,3?,4-. The molecule has 0 fully saturated rings. The molecule has 0 saturated heterocycles. The SMILES string of the molecule is [2H]C(SC)C([2H])[C@H](N)C(=O)O. The van der Waals surface area contributed by atoms with Crippen LogP contribution in [0.4, 0.5) is 0 Å². The van der Waals surface area contributed by atoms with Crippen LogP contribution in [0.3, 0.4) is 0 Å². The zero-order valence-electron chi connectivity index (χ0n) is 7.07. The summed E-state index contributed by atoms with van der Waals surface area (Å²) in [7, 11) is 0. The van der Waals surface area contributed by atoms with E-state index in [-0.39, 0.29) is 0 Å². The predicted octanol–water partition coefficient (Wildman–Crippen LogP) is 0.151. The van der Waals surface area contributed by atoms with Gasteiger partial charge in [0.15, 0.2) is 0 Å². The van der Waals surface area contributed by atoms with Gasteiger partial charge in [0.25, 0.3) is 0 Å². The fourth-order valence-electron chi connectivity index (χ4n) is 0.246. The summed E-state index contributed by atoms with van der Waals surface area (Å²) >= 11 is 1.11. The number of hydrogen-bond acceptors (Lipinski definition) is 3. The van der Waals surface area contributed by atoms with Crippen molar-refractivity contribution in [3.8, 4) is 0 Å². The lowest BCUT2D eigenvalue weighted by molar-refractivity contribution is -0.138. The number of aliphatic carboxylic acids is 1. The van der Waals surface area contributed by atoms with Crippen molar-refractivity contribution in [3.05, 3.63) is 0 Å². The van der Waals surface area contributed by atoms with Crippen LogP contribution in [-0.2, 0) is 4.79 Å². The second-order valence-corrected chi connectivity index (χ2v) is 2.17. The third-order valence-electron chi connectivity index (χ3n) is 0.707. The smallest absolute Gasteiger partial charge is 0.320 e. The average Bonchev–Trinajstić information content (AvgIpc) is 2.00. The molecule has 9 heavy (non-hydrogen) atoms. The first-order valence-corrected chi connectivity index (χ1v) is 3.65. The molecule has 0 aromatic carbocycles. The quantitative estimate of drug-likeness (QED) is 0.600. The third-order valence-corrected chi connectivity index (χ3v) is 1.14. The van der Waals surface area contributed by atoms with E-state index in [4.69, 9.17) is 13.6 Å². The molecule has 0 bridgehead atoms. The Morgan fingerprint density at radius 3 is 3.00 bits per heavy atom. The molecule has 4 heteroatoms. The summed E-state index contributed by atoms with van der Waals surface area (Å²) in [4.78, 5) is 10.2. The van der Waals surface area contributed by atoms with E-state index in [9.17, 15) is 4.79 Å². The third kappa shape index (κ3) is 4.29. The Kier molecular flexibility index (Phi) is 2.86. The van der Waals surface area contributed by atoms with Crippen molar-refractivity contribution in [2.24, 2.45) is 5.73 Å². The molecule has 3 N–H and O–H groups in total. The molecule has 3 atom stereocenters. The number of thioether (sulfide) groups is 1. The summed E-state index contributed by atoms with van der Waals surface area (Å²) in [5.41, 5.74) is 4.33. The molecule has 0 aliphatic heterocycles. The van der Waals surface area contributed by atoms with Crippen LogP contribution < -0.4 is 5.73 Å². The van der Waals surface area contributed by atoms with Gasteiger partial charge in [0.2, 0.25) is 0 Å². The van der Waals surface area contributed by atoms with E-state index in [1.54, 1.807) is 6.26 Å². The van der Waals surface area contributed by atoms with Crippen molar-refractivity contribution in [2.45, 2.75) is 12.4 Å². The molecule has 0 aromatic heterocycles. The molecular formula is C5H11NO2S. The molecule has 2 unspecified atom stereocenters. The molecular weight excluding hydrogens is 138 g/mol. The highest BCUT2D eigenvalue weighted by Gasteiger charge is 2.08. The Morgan fingerprint density at radius 2 is 2.67 bits per heavy atom. The molecule has 3 nitrogen and oxygen atoms in total. The van der Waals surface area contributed by atoms with Gasteiger partial charge in [-0.2, -0.15) is 11.8 Å². The van der Waals surface area contributed by atoms with Crippen LogP contribution in [-0.4, -0.2) is 29.1 Å². The van der Waals surface area contributed by atoms with Crippen molar-refractivity contribution in [1.29, 1.82) is 0 Å². The van der Waals surface area contributed by atoms with Crippen LogP contribution in [0, 0.1) is 0 Å². The number of carboxylic acids is 1. The van der Waals surface area contributed by atoms with E-state index in [2.05, 4.69) is 0 Å². The number of nitrogens with two attached hydrogens (primary N) is 1. The second kappa shape index (κ2) is 4.64. The minimum absolute atomic E-state index is 0.791. The van der Waals surface area contributed by atoms with Gasteiger partial charge < -0.3 is 10.8 Å². The Bertz CT molecular complexity index is 146. The summed E-state index contributed by atoms with van der Waals surface area (Å²) in [5.74, 6) is -1.23. The molecule has 0 spiro atoms. The maximum Gasteiger partial charge on any atom is 0.320 e. The predicted molar refractivity (Wildman–Crippen MR) is 38.6 cm³/mol. The fourth-order valence-corrected chi connectivity index (χ4v) is 0.572. The zero-order valence-corrected chi connectivity index (χ0v) is 5.89. The van der Waals surface area contributed by atoms with Gasteiger partial charge in [0.05, 0.1) is 0 Å². The van der Waals surface area contributed by atoms with Crippen LogP contribution in [0.2, 0.25) is 0 Å². The maximum atomic E-state index is 10.2. The largest absolute Gasteiger partial charge is 0.480 e. The summed E-state index contributed by atoms with van der Waals surface area (Å²) in [6.45, 7) is 0. The van der Waals surface area contributed by atoms with Crippen molar-refractivity contribution in [3.63, 3.8) is 0 Å². The molecule has 0 heterocycles. The van der Waals surface area contributed by atoms with Crippen LogP contribution in [0.1, 0.15) is 9.14 Å². The molecule has 0 radical (unpaired) electrons. The number of rotatable bonds is 4. The van der Waals surface area contributed by atoms with E-state index in [0.717, 1.165) is 11.8 Å². The minimum Gasteiger partial charge on any atom is -0.480 e. The Labute approximate surface area is 61.4 Å². The van der Waals surface area contributed by atoms with Gasteiger partial charge in [0.1, 0.15) is 6.04 Å². The van der Waals surface area contributed by atoms with E-state index in [1.807, 2.05) is 0 Å². The maximum absolute atomic E-state index is 10.2. The van der Waals surface area contributed by atoms with Gasteiger partial charge >= 0.3 is 5.97 Å². The van der Waals surface area contributed by atoms with Crippen LogP contribution in [0.5, 0.6) is 0 Å². The molecule has 0 aliphatic carbocycles. The van der Waals surface area contributed by atoms with E-state index in [1.165, 1.54) is 0 Å². The minimum atomic E-state index is -1.26. The second-order valence-electron chi connectivity index (χ2n) is 1.43. The van der Waals surface area contributed by atoms with Gasteiger partial charge in [-0.15, -0.1) is 0 Å². The van der Waals surface area contributed by atoms with E-state index >= 15 is 0 Å². The topological polar surface area (TPSA) is 63.3 Å². The molecule has 0 aliphatic rings. The van der Waals surface area contributed by atoms with Crippen LogP contribution in [0.25, 0.3) is 0 Å². The lowest BCUT2D eigenvalue weighted by Gasteiger charge is -2.02. The van der Waals surface area contributed by atoms with Gasteiger partial charge in [-0.05, 0) is 18.4 Å². The lowest BCUT2D eigenvalue weighted by atomic mass is 10.2. The Balaban J connectivity index is 4.00. The van der Waals surface area contributed by atoms with Gasteiger partial charge in [-0.1, -0.05) is 0 Å². The highest BCUT2D eigenvalue weighted by Crippen LogP contribution is 1.97. The van der Waals surface area contributed by atoms with Crippen molar-refractivity contribution >= 4 is 17.7 Å². The van der Waals surface area contributed by atoms with Crippen molar-refractivity contribution in [1.82, 2.24) is 0 Å². The average molecular weight is 151 g/mol. The first-order chi connectivity index (χ1) is 5.00. The number of carbonyl (C=O) groups is 1. The highest BCUT2D eigenvalue weighted by atomic mass is 32.2. The summed E-state index contributed by atoms with van der Waals surface area (Å²) in [6, 6.07) is -1.26. The van der Waals surface area contributed by atoms with Crippen LogP contribution in [0.15, 0.2) is 0 Å². The fraction of sp³-hybridized carbons (Fsp3) is 0.800. The molecule has 0 rings (SSSR count). The van der Waals surface area contributed by atoms with Gasteiger partial charge in [-0.3, -0.25) is 4.79 Å². The number of hydrogen-bond donors (Lipinski definition) is 2. The Hall–Kier alpha value is -0.220. The van der Waals surface area contributed by atoms with Gasteiger partial charge in [0, 0.05) is 2.74 Å². The summed E-state index contributed by atoms with van der Waals surface area (Å²) in [6.07, 6.45) is 0.579.